The number of cyclic esters (lactones) is 1. The van der Waals surface area contributed by atoms with Crippen LogP contribution in [0.1, 0.15) is 40.9 Å². The summed E-state index contributed by atoms with van der Waals surface area (Å²) >= 11 is 0. The second-order valence-electron chi connectivity index (χ2n) is 9.75. The van der Waals surface area contributed by atoms with Crippen molar-refractivity contribution in [2.45, 2.75) is 25.3 Å². The first-order valence-corrected chi connectivity index (χ1v) is 13.4. The average Bonchev–Trinajstić information content (AvgIpc) is 3.45. The van der Waals surface area contributed by atoms with Crippen LogP contribution in [0.3, 0.4) is 0 Å². The smallest absolute Gasteiger partial charge is 0.416 e. The van der Waals surface area contributed by atoms with Gasteiger partial charge in [0, 0.05) is 29.8 Å². The number of aromatic nitrogens is 1. The van der Waals surface area contributed by atoms with Crippen LogP contribution in [0.2, 0.25) is 0 Å². The first-order valence-electron chi connectivity index (χ1n) is 13.4. The van der Waals surface area contributed by atoms with E-state index in [4.69, 9.17) is 4.74 Å². The van der Waals surface area contributed by atoms with Crippen LogP contribution in [0.5, 0.6) is 0 Å². The van der Waals surface area contributed by atoms with Crippen LogP contribution >= 0.6 is 0 Å². The van der Waals surface area contributed by atoms with Gasteiger partial charge in [-0.15, -0.1) is 0 Å². The molecule has 1 aliphatic rings. The van der Waals surface area contributed by atoms with Gasteiger partial charge < -0.3 is 15.2 Å². The zero-order chi connectivity index (χ0) is 29.6. The van der Waals surface area contributed by atoms with Crippen LogP contribution < -0.4 is 5.32 Å². The maximum Gasteiger partial charge on any atom is 0.416 e. The lowest BCUT2D eigenvalue weighted by molar-refractivity contribution is -0.139. The van der Waals surface area contributed by atoms with Gasteiger partial charge in [0.15, 0.2) is 6.04 Å². The van der Waals surface area contributed by atoms with Gasteiger partial charge >= 0.3 is 12.1 Å². The molecule has 2 atom stereocenters. The van der Waals surface area contributed by atoms with E-state index in [0.717, 1.165) is 15.7 Å². The van der Waals surface area contributed by atoms with Gasteiger partial charge in [0.2, 0.25) is 5.91 Å². The molecule has 4 aromatic rings. The molecule has 0 saturated carbocycles. The highest BCUT2D eigenvalue weighted by Gasteiger charge is 2.36. The number of nitrogens with zero attached hydrogens (tertiary/aromatic N) is 3. The molecule has 212 valence electrons. The number of nitrogens with one attached hydrogen (secondary N) is 1. The summed E-state index contributed by atoms with van der Waals surface area (Å²) in [7, 11) is 0. The van der Waals surface area contributed by atoms with Crippen LogP contribution in [0, 0.1) is 0 Å². The first kappa shape index (κ1) is 28.2. The van der Waals surface area contributed by atoms with Gasteiger partial charge in [0.25, 0.3) is 5.91 Å². The van der Waals surface area contributed by atoms with E-state index in [1.54, 1.807) is 61.5 Å². The van der Waals surface area contributed by atoms with Gasteiger partial charge in [-0.1, -0.05) is 66.7 Å². The molecule has 10 nitrogen and oxygen atoms in total. The normalized spacial score (nSPS) is 14.7. The number of anilines is 1. The maximum atomic E-state index is 13.3. The minimum atomic E-state index is -1.39. The van der Waals surface area contributed by atoms with Crippen molar-refractivity contribution in [1.29, 1.82) is 0 Å². The van der Waals surface area contributed by atoms with Crippen molar-refractivity contribution in [2.24, 2.45) is 4.99 Å². The van der Waals surface area contributed by atoms with Crippen LogP contribution in [-0.4, -0.2) is 63.8 Å². The van der Waals surface area contributed by atoms with Crippen molar-refractivity contribution in [3.8, 4) is 0 Å². The molecule has 0 bridgehead atoms. The number of para-hydroxylation sites is 1. The fourth-order valence-corrected chi connectivity index (χ4v) is 5.07. The van der Waals surface area contributed by atoms with Crippen molar-refractivity contribution in [1.82, 2.24) is 9.88 Å². The molecule has 2 N–H and O–H groups in total. The van der Waals surface area contributed by atoms with Crippen LogP contribution in [-0.2, 0) is 14.3 Å². The predicted octanol–water partition coefficient (Wildman–Crippen LogP) is 4.90. The molecule has 0 spiro atoms. The standard InChI is InChI=1S/C32H28N4O6/c1-20(22-11-4-5-14-26(22)35-30(38)27-15-6-7-16-33-27)34-29(31(39)40)25(19-28(37)36-17-18-42-32(36)41)24-13-8-10-21-9-2-3-12-23(21)24/h2-16,25,29H,17-19H2,1H3,(H,35,38)(H,39,40)/t25-,29+/m1/s1. The molecule has 1 aromatic heterocycles. The molecule has 0 unspecified atom stereocenters. The zero-order valence-electron chi connectivity index (χ0n) is 22.8. The Bertz CT molecular complexity index is 1680. The highest BCUT2D eigenvalue weighted by atomic mass is 16.6. The average molecular weight is 565 g/mol. The Morgan fingerprint density at radius 3 is 2.48 bits per heavy atom. The lowest BCUT2D eigenvalue weighted by Crippen LogP contribution is -2.36. The van der Waals surface area contributed by atoms with E-state index in [-0.39, 0.29) is 25.3 Å². The van der Waals surface area contributed by atoms with Gasteiger partial charge in [0.1, 0.15) is 12.3 Å². The second-order valence-corrected chi connectivity index (χ2v) is 9.75. The fourth-order valence-electron chi connectivity index (χ4n) is 5.07. The van der Waals surface area contributed by atoms with E-state index >= 15 is 0 Å². The molecular formula is C32H28N4O6. The van der Waals surface area contributed by atoms with Crippen molar-refractivity contribution >= 4 is 46.0 Å². The van der Waals surface area contributed by atoms with Gasteiger partial charge in [-0.05, 0) is 41.5 Å². The summed E-state index contributed by atoms with van der Waals surface area (Å²) in [5.41, 5.74) is 2.13. The number of aliphatic carboxylic acids is 1. The van der Waals surface area contributed by atoms with E-state index in [9.17, 15) is 24.3 Å². The number of pyridine rings is 1. The van der Waals surface area contributed by atoms with Gasteiger partial charge in [-0.2, -0.15) is 0 Å². The minimum Gasteiger partial charge on any atom is -0.480 e. The summed E-state index contributed by atoms with van der Waals surface area (Å²) in [4.78, 5) is 60.8. The van der Waals surface area contributed by atoms with E-state index in [2.05, 4.69) is 15.3 Å². The molecule has 1 aliphatic heterocycles. The molecule has 3 aromatic carbocycles. The SMILES string of the molecule is CC(=N[C@H](C(=O)O)[C@H](CC(=O)N1CCOC1=O)c1cccc2ccccc12)c1ccccc1NC(=O)c1ccccn1. The number of hydrogen-bond acceptors (Lipinski definition) is 7. The van der Waals surface area contributed by atoms with Crippen molar-refractivity contribution in [3.63, 3.8) is 0 Å². The highest BCUT2D eigenvalue weighted by Crippen LogP contribution is 2.34. The summed E-state index contributed by atoms with van der Waals surface area (Å²) in [6.07, 6.45) is 0.483. The third-order valence-corrected chi connectivity index (χ3v) is 7.11. The van der Waals surface area contributed by atoms with E-state index in [0.29, 0.717) is 22.5 Å². The molecule has 42 heavy (non-hydrogen) atoms. The zero-order valence-corrected chi connectivity index (χ0v) is 22.8. The minimum absolute atomic E-state index is 0.0874. The van der Waals surface area contributed by atoms with Crippen molar-refractivity contribution in [3.05, 3.63) is 108 Å². The number of imide groups is 1. The number of aliphatic imine (C=N–C) groups is 1. The maximum absolute atomic E-state index is 13.3. The van der Waals surface area contributed by atoms with Gasteiger partial charge in [-0.25, -0.2) is 14.5 Å². The van der Waals surface area contributed by atoms with Crippen molar-refractivity contribution in [2.75, 3.05) is 18.5 Å². The third kappa shape index (κ3) is 6.02. The Morgan fingerprint density at radius 1 is 1.00 bits per heavy atom. The summed E-state index contributed by atoms with van der Waals surface area (Å²) in [5.74, 6) is -3.13. The van der Waals surface area contributed by atoms with Crippen molar-refractivity contribution < 1.29 is 29.0 Å². The monoisotopic (exact) mass is 564 g/mol. The number of ether oxygens (including phenoxy) is 1. The lowest BCUT2D eigenvalue weighted by atomic mass is 9.85. The molecule has 10 heteroatoms. The lowest BCUT2D eigenvalue weighted by Gasteiger charge is -2.25. The molecule has 3 amide bonds. The predicted molar refractivity (Wildman–Crippen MR) is 157 cm³/mol. The number of benzene rings is 3. The van der Waals surface area contributed by atoms with Crippen LogP contribution in [0.15, 0.2) is 96.1 Å². The number of rotatable bonds is 9. The molecule has 1 fully saturated rings. The number of carboxylic acids is 1. The Kier molecular flexibility index (Phi) is 8.33. The Labute approximate surface area is 241 Å². The second kappa shape index (κ2) is 12.4. The summed E-state index contributed by atoms with van der Waals surface area (Å²) in [5, 5.41) is 14.9. The Hall–Kier alpha value is -5.38. The number of carboxylic acid groups (broad SMARTS) is 1. The molecule has 1 saturated heterocycles. The fraction of sp³-hybridized carbons (Fsp3) is 0.188. The molecule has 5 rings (SSSR count). The number of carbonyl (C=O) groups excluding carboxylic acids is 3. The Balaban J connectivity index is 1.55. The largest absolute Gasteiger partial charge is 0.480 e. The van der Waals surface area contributed by atoms with Crippen LogP contribution in [0.25, 0.3) is 10.8 Å². The first-order chi connectivity index (χ1) is 20.3. The molecule has 0 aliphatic carbocycles. The molecular weight excluding hydrogens is 536 g/mol. The molecule has 0 radical (unpaired) electrons. The van der Waals surface area contributed by atoms with E-state index in [1.807, 2.05) is 30.3 Å². The number of carbonyl (C=O) groups is 4. The number of hydrogen-bond donors (Lipinski definition) is 2. The summed E-state index contributed by atoms with van der Waals surface area (Å²) in [6.45, 7) is 1.84. The molecule has 2 heterocycles. The van der Waals surface area contributed by atoms with Crippen LogP contribution in [0.4, 0.5) is 10.5 Å². The topological polar surface area (TPSA) is 138 Å². The van der Waals surface area contributed by atoms with Gasteiger partial charge in [0.05, 0.1) is 12.2 Å². The van der Waals surface area contributed by atoms with Gasteiger partial charge in [-0.3, -0.25) is 19.6 Å². The summed E-state index contributed by atoms with van der Waals surface area (Å²) < 4.78 is 4.93. The number of fused-ring (bicyclic) bond motifs is 1. The quantitative estimate of drug-likeness (QED) is 0.276. The summed E-state index contributed by atoms with van der Waals surface area (Å²) in [6, 6.07) is 23.5. The number of amides is 3. The van der Waals surface area contributed by atoms with E-state index in [1.165, 1.54) is 6.20 Å². The third-order valence-electron chi connectivity index (χ3n) is 7.11. The van der Waals surface area contributed by atoms with E-state index < -0.39 is 35.8 Å². The highest BCUT2D eigenvalue weighted by molar-refractivity contribution is 6.10. The Morgan fingerprint density at radius 2 is 1.74 bits per heavy atom.